The molecule has 12 N–H and O–H groups in total. The lowest BCUT2D eigenvalue weighted by Gasteiger charge is -2.38. The van der Waals surface area contributed by atoms with Crippen LogP contribution in [0.15, 0.2) is 97.1 Å². The number of hydrogen-bond acceptors (Lipinski definition) is 6. The van der Waals surface area contributed by atoms with Crippen LogP contribution in [0.5, 0.6) is 0 Å². The third-order valence-electron chi connectivity index (χ3n) is 6.10. The molecule has 36 heavy (non-hydrogen) atoms. The van der Waals surface area contributed by atoms with Crippen LogP contribution in [-0.2, 0) is 19.6 Å². The maximum Gasteiger partial charge on any atom is 0.158 e. The molecule has 0 radical (unpaired) electrons. The van der Waals surface area contributed by atoms with Crippen LogP contribution in [0.25, 0.3) is 0 Å². The summed E-state index contributed by atoms with van der Waals surface area (Å²) in [7, 11) is 2.03. The number of rotatable bonds is 7. The standard InChI is InChI=1S/C26H29N3Si.3CH5N/c27-17-20-6-3-11-24(14-20)30(23-9-1-2-10-23,25-12-4-7-21(15-25)18-28)26-13-5-8-22(16-26)19-29;3*1-2/h1-16,23H,17-19,27-29H2;3*2H2,1H3. The van der Waals surface area contributed by atoms with Crippen molar-refractivity contribution >= 4 is 23.6 Å². The zero-order valence-corrected chi connectivity index (χ0v) is 22.9. The molecule has 0 amide bonds. The van der Waals surface area contributed by atoms with E-state index in [4.69, 9.17) is 17.2 Å². The van der Waals surface area contributed by atoms with E-state index in [1.807, 2.05) is 0 Å². The molecule has 0 heterocycles. The van der Waals surface area contributed by atoms with E-state index in [0.29, 0.717) is 25.2 Å². The molecule has 1 aliphatic rings. The van der Waals surface area contributed by atoms with Crippen LogP contribution < -0.4 is 50.0 Å². The van der Waals surface area contributed by atoms with Crippen molar-refractivity contribution in [2.45, 2.75) is 25.2 Å². The average Bonchev–Trinajstić information content (AvgIpc) is 3.52. The Morgan fingerprint density at radius 1 is 0.528 bits per heavy atom. The van der Waals surface area contributed by atoms with E-state index < -0.39 is 8.07 Å². The van der Waals surface area contributed by atoms with Gasteiger partial charge in [0.2, 0.25) is 0 Å². The molecular formula is C29H44N6Si. The highest BCUT2D eigenvalue weighted by atomic mass is 28.3. The molecule has 0 aliphatic heterocycles. The summed E-state index contributed by atoms with van der Waals surface area (Å²) in [6, 6.07) is 26.5. The van der Waals surface area contributed by atoms with Crippen LogP contribution in [0.2, 0.25) is 5.54 Å². The lowest BCUT2D eigenvalue weighted by molar-refractivity contribution is 1.07. The molecule has 7 heteroatoms. The fraction of sp³-hybridized carbons (Fsp3) is 0.241. The SMILES string of the molecule is CN.CN.CN.NCc1cccc([Si](c2cccc(CN)c2)(c2cccc(CN)c2)C2C=CC=C2)c1. The average molecular weight is 505 g/mol. The summed E-state index contributed by atoms with van der Waals surface area (Å²) < 4.78 is 0. The van der Waals surface area contributed by atoms with Crippen molar-refractivity contribution in [3.8, 4) is 0 Å². The molecule has 0 spiro atoms. The maximum atomic E-state index is 6.04. The van der Waals surface area contributed by atoms with Crippen LogP contribution >= 0.6 is 0 Å². The summed E-state index contributed by atoms with van der Waals surface area (Å²) in [4.78, 5) is 0. The van der Waals surface area contributed by atoms with E-state index in [2.05, 4.69) is 114 Å². The maximum absolute atomic E-state index is 6.04. The number of nitrogens with two attached hydrogens (primary N) is 6. The van der Waals surface area contributed by atoms with Crippen LogP contribution in [0.4, 0.5) is 0 Å². The lowest BCUT2D eigenvalue weighted by Crippen LogP contribution is -2.69. The van der Waals surface area contributed by atoms with Crippen molar-refractivity contribution < 1.29 is 0 Å². The van der Waals surface area contributed by atoms with Crippen LogP contribution in [-0.4, -0.2) is 29.2 Å². The Kier molecular flexibility index (Phi) is 14.5. The van der Waals surface area contributed by atoms with Crippen molar-refractivity contribution in [2.24, 2.45) is 34.4 Å². The second kappa shape index (κ2) is 16.7. The van der Waals surface area contributed by atoms with E-state index in [1.165, 1.54) is 36.7 Å². The fourth-order valence-corrected chi connectivity index (χ4v) is 9.90. The molecule has 0 saturated heterocycles. The topological polar surface area (TPSA) is 156 Å². The summed E-state index contributed by atoms with van der Waals surface area (Å²) in [5, 5.41) is 4.07. The van der Waals surface area contributed by atoms with E-state index in [1.54, 1.807) is 0 Å². The summed E-state index contributed by atoms with van der Waals surface area (Å²) in [6.45, 7) is 1.58. The van der Waals surface area contributed by atoms with Crippen molar-refractivity contribution in [3.05, 3.63) is 114 Å². The normalized spacial score (nSPS) is 12.0. The van der Waals surface area contributed by atoms with Crippen LogP contribution in [0, 0.1) is 0 Å². The highest BCUT2D eigenvalue weighted by Crippen LogP contribution is 2.29. The summed E-state index contributed by atoms with van der Waals surface area (Å²) in [6.07, 6.45) is 9.01. The van der Waals surface area contributed by atoms with Gasteiger partial charge in [-0.15, -0.1) is 0 Å². The van der Waals surface area contributed by atoms with E-state index in [9.17, 15) is 0 Å². The fourth-order valence-electron chi connectivity index (χ4n) is 4.63. The molecule has 0 bridgehead atoms. The molecule has 3 aromatic carbocycles. The van der Waals surface area contributed by atoms with Gasteiger partial charge in [0.05, 0.1) is 0 Å². The molecule has 194 valence electrons. The molecule has 6 nitrogen and oxygen atoms in total. The summed E-state index contributed by atoms with van der Waals surface area (Å²) in [5.74, 6) is 0. The number of benzene rings is 3. The van der Waals surface area contributed by atoms with Gasteiger partial charge in [-0.25, -0.2) is 0 Å². The predicted molar refractivity (Wildman–Crippen MR) is 160 cm³/mol. The molecule has 0 unspecified atom stereocenters. The van der Waals surface area contributed by atoms with Crippen LogP contribution in [0.1, 0.15) is 16.7 Å². The lowest BCUT2D eigenvalue weighted by atomic mass is 10.2. The van der Waals surface area contributed by atoms with E-state index in [0.717, 1.165) is 16.7 Å². The summed E-state index contributed by atoms with van der Waals surface area (Å²) >= 11 is 0. The Labute approximate surface area is 218 Å². The van der Waals surface area contributed by atoms with Crippen molar-refractivity contribution in [3.63, 3.8) is 0 Å². The Morgan fingerprint density at radius 3 is 1.11 bits per heavy atom. The Hall–Kier alpha value is -2.88. The highest BCUT2D eigenvalue weighted by molar-refractivity contribution is 7.13. The minimum absolute atomic E-state index is 0.298. The zero-order chi connectivity index (χ0) is 27.0. The summed E-state index contributed by atoms with van der Waals surface area (Å²) in [5.41, 5.74) is 35.4. The minimum Gasteiger partial charge on any atom is -0.333 e. The minimum atomic E-state index is -2.47. The zero-order valence-electron chi connectivity index (χ0n) is 21.9. The van der Waals surface area contributed by atoms with Gasteiger partial charge < -0.3 is 34.4 Å². The third-order valence-corrected chi connectivity index (χ3v) is 11.2. The Balaban J connectivity index is 0.00000101. The first-order valence-corrected chi connectivity index (χ1v) is 14.3. The predicted octanol–water partition coefficient (Wildman–Crippen LogP) is 0.754. The smallest absolute Gasteiger partial charge is 0.158 e. The van der Waals surface area contributed by atoms with Gasteiger partial charge >= 0.3 is 0 Å². The Bertz CT molecular complexity index is 969. The molecular weight excluding hydrogens is 460 g/mol. The van der Waals surface area contributed by atoms with Gasteiger partial charge in [-0.05, 0) is 53.4 Å². The van der Waals surface area contributed by atoms with Gasteiger partial charge in [-0.1, -0.05) is 97.1 Å². The Morgan fingerprint density at radius 2 is 0.833 bits per heavy atom. The molecule has 0 aromatic heterocycles. The number of allylic oxidation sites excluding steroid dienone is 4. The molecule has 4 rings (SSSR count). The van der Waals surface area contributed by atoms with E-state index in [-0.39, 0.29) is 0 Å². The van der Waals surface area contributed by atoms with E-state index >= 15 is 0 Å². The highest BCUT2D eigenvalue weighted by Gasteiger charge is 2.45. The molecule has 1 aliphatic carbocycles. The van der Waals surface area contributed by atoms with Crippen molar-refractivity contribution in [1.82, 2.24) is 0 Å². The van der Waals surface area contributed by atoms with Crippen molar-refractivity contribution in [2.75, 3.05) is 21.1 Å². The van der Waals surface area contributed by atoms with Gasteiger partial charge in [0.25, 0.3) is 0 Å². The van der Waals surface area contributed by atoms with Gasteiger partial charge in [0.15, 0.2) is 8.07 Å². The van der Waals surface area contributed by atoms with Gasteiger partial charge in [-0.2, -0.15) is 0 Å². The van der Waals surface area contributed by atoms with Gasteiger partial charge in [-0.3, -0.25) is 0 Å². The second-order valence-electron chi connectivity index (χ2n) is 7.82. The molecule has 0 atom stereocenters. The largest absolute Gasteiger partial charge is 0.333 e. The quantitative estimate of drug-likeness (QED) is 0.206. The van der Waals surface area contributed by atoms with Crippen molar-refractivity contribution in [1.29, 1.82) is 0 Å². The third kappa shape index (κ3) is 6.87. The molecule has 0 saturated carbocycles. The van der Waals surface area contributed by atoms with Gasteiger partial charge in [0.1, 0.15) is 0 Å². The second-order valence-corrected chi connectivity index (χ2v) is 11.8. The number of hydrogen-bond donors (Lipinski definition) is 6. The first kappa shape index (κ1) is 31.1. The monoisotopic (exact) mass is 504 g/mol. The first-order valence-electron chi connectivity index (χ1n) is 12.2. The molecule has 0 fully saturated rings. The first-order chi connectivity index (χ1) is 17.7. The van der Waals surface area contributed by atoms with Gasteiger partial charge in [0, 0.05) is 25.2 Å². The molecule has 3 aromatic rings. The van der Waals surface area contributed by atoms with Crippen LogP contribution in [0.3, 0.4) is 0 Å².